The number of benzene rings is 1. The van der Waals surface area contributed by atoms with Crippen LogP contribution in [-0.2, 0) is 11.3 Å². The normalized spacial score (nSPS) is 24.4. The van der Waals surface area contributed by atoms with Crippen molar-refractivity contribution in [1.82, 2.24) is 9.80 Å². The first kappa shape index (κ1) is 17.1. The maximum absolute atomic E-state index is 11.9. The molecule has 0 radical (unpaired) electrons. The van der Waals surface area contributed by atoms with Crippen LogP contribution in [0.3, 0.4) is 0 Å². The van der Waals surface area contributed by atoms with E-state index in [9.17, 15) is 4.79 Å². The molecule has 0 aliphatic carbocycles. The number of rotatable bonds is 4. The van der Waals surface area contributed by atoms with Gasteiger partial charge in [0.1, 0.15) is 0 Å². The van der Waals surface area contributed by atoms with E-state index in [0.29, 0.717) is 12.1 Å². The highest BCUT2D eigenvalue weighted by atomic mass is 16.5. The van der Waals surface area contributed by atoms with Gasteiger partial charge in [0, 0.05) is 32.1 Å². The molecule has 2 saturated heterocycles. The van der Waals surface area contributed by atoms with Gasteiger partial charge in [-0.05, 0) is 43.5 Å². The molecule has 1 aromatic carbocycles. The predicted octanol–water partition coefficient (Wildman–Crippen LogP) is 2.68. The average Bonchev–Trinajstić information content (AvgIpc) is 2.92. The van der Waals surface area contributed by atoms with Gasteiger partial charge in [-0.25, -0.2) is 0 Å². The fourth-order valence-corrected chi connectivity index (χ4v) is 4.25. The van der Waals surface area contributed by atoms with Crippen molar-refractivity contribution in [3.63, 3.8) is 0 Å². The second-order valence-corrected chi connectivity index (χ2v) is 6.79. The van der Waals surface area contributed by atoms with Crippen LogP contribution in [0.4, 0.5) is 0 Å². The number of ether oxygens (including phenoxy) is 2. The summed E-state index contributed by atoms with van der Waals surface area (Å²) in [5, 5.41) is 0. The second kappa shape index (κ2) is 7.43. The van der Waals surface area contributed by atoms with E-state index in [1.807, 2.05) is 6.07 Å². The predicted molar refractivity (Wildman–Crippen MR) is 93.4 cm³/mol. The van der Waals surface area contributed by atoms with Crippen molar-refractivity contribution >= 4 is 5.91 Å². The lowest BCUT2D eigenvalue weighted by Gasteiger charge is -2.32. The molecule has 1 aromatic rings. The van der Waals surface area contributed by atoms with Crippen LogP contribution in [0, 0.1) is 0 Å². The Morgan fingerprint density at radius 3 is 2.58 bits per heavy atom. The third-order valence-electron chi connectivity index (χ3n) is 5.41. The molecule has 0 aromatic heterocycles. The zero-order chi connectivity index (χ0) is 17.1. The van der Waals surface area contributed by atoms with Crippen LogP contribution < -0.4 is 9.47 Å². The largest absolute Gasteiger partial charge is 0.493 e. The first-order chi connectivity index (χ1) is 11.6. The van der Waals surface area contributed by atoms with Gasteiger partial charge in [0.25, 0.3) is 0 Å². The van der Waals surface area contributed by atoms with Crippen LogP contribution in [0.2, 0.25) is 0 Å². The minimum Gasteiger partial charge on any atom is -0.493 e. The van der Waals surface area contributed by atoms with Gasteiger partial charge in [0.15, 0.2) is 11.5 Å². The molecule has 3 rings (SSSR count). The van der Waals surface area contributed by atoms with Gasteiger partial charge in [0.2, 0.25) is 5.91 Å². The summed E-state index contributed by atoms with van der Waals surface area (Å²) < 4.78 is 10.8. The van der Waals surface area contributed by atoms with Crippen LogP contribution in [0.1, 0.15) is 38.2 Å². The first-order valence-electron chi connectivity index (χ1n) is 8.86. The summed E-state index contributed by atoms with van der Waals surface area (Å²) in [4.78, 5) is 16.5. The number of amides is 1. The van der Waals surface area contributed by atoms with Crippen LogP contribution in [-0.4, -0.2) is 55.1 Å². The Morgan fingerprint density at radius 1 is 1.08 bits per heavy atom. The third-order valence-corrected chi connectivity index (χ3v) is 5.41. The lowest BCUT2D eigenvalue weighted by Crippen LogP contribution is -2.44. The highest BCUT2D eigenvalue weighted by Gasteiger charge is 2.39. The summed E-state index contributed by atoms with van der Waals surface area (Å²) in [5.41, 5.74) is 1.23. The number of carbonyl (C=O) groups is 1. The third kappa shape index (κ3) is 3.36. The molecule has 0 bridgehead atoms. The van der Waals surface area contributed by atoms with Gasteiger partial charge < -0.3 is 14.4 Å². The topological polar surface area (TPSA) is 42.0 Å². The van der Waals surface area contributed by atoms with Gasteiger partial charge >= 0.3 is 0 Å². The van der Waals surface area contributed by atoms with Gasteiger partial charge in [-0.3, -0.25) is 9.69 Å². The molecule has 2 fully saturated rings. The van der Waals surface area contributed by atoms with Crippen LogP contribution in [0.25, 0.3) is 0 Å². The van der Waals surface area contributed by atoms with Gasteiger partial charge in [0.05, 0.1) is 14.2 Å². The average molecular weight is 332 g/mol. The fraction of sp³-hybridized carbons (Fsp3) is 0.632. The van der Waals surface area contributed by atoms with E-state index in [1.54, 1.807) is 21.1 Å². The van der Waals surface area contributed by atoms with Crippen molar-refractivity contribution in [1.29, 1.82) is 0 Å². The maximum atomic E-state index is 11.9. The molecule has 24 heavy (non-hydrogen) atoms. The molecule has 0 N–H and O–H groups in total. The lowest BCUT2D eigenvalue weighted by atomic mass is 10.0. The quantitative estimate of drug-likeness (QED) is 0.850. The number of methoxy groups -OCH3 is 2. The zero-order valence-corrected chi connectivity index (χ0v) is 15.0. The van der Waals surface area contributed by atoms with E-state index >= 15 is 0 Å². The first-order valence-corrected chi connectivity index (χ1v) is 8.86. The molecule has 2 heterocycles. The highest BCUT2D eigenvalue weighted by Crippen LogP contribution is 2.33. The van der Waals surface area contributed by atoms with E-state index in [0.717, 1.165) is 44.0 Å². The summed E-state index contributed by atoms with van der Waals surface area (Å²) >= 11 is 0. The fourth-order valence-electron chi connectivity index (χ4n) is 4.25. The molecule has 2 aliphatic heterocycles. The molecular formula is C19H28N2O3. The number of fused-ring (bicyclic) bond motifs is 1. The molecular weight excluding hydrogens is 304 g/mol. The maximum Gasteiger partial charge on any atom is 0.219 e. The van der Waals surface area contributed by atoms with Crippen molar-refractivity contribution in [2.45, 2.75) is 51.2 Å². The summed E-state index contributed by atoms with van der Waals surface area (Å²) in [6.45, 7) is 4.59. The summed E-state index contributed by atoms with van der Waals surface area (Å²) in [6.07, 6.45) is 4.61. The standard InChI is InChI=1S/C19H28N2O3/c1-14(22)21-11-9-16-17(21)6-4-5-10-20(16)13-15-7-8-18(23-2)19(12-15)24-3/h7-8,12,16-17H,4-6,9-11,13H2,1-3H3/t16-,17-/m1/s1. The highest BCUT2D eigenvalue weighted by molar-refractivity contribution is 5.74. The number of likely N-dealkylation sites (tertiary alicyclic amines) is 2. The molecule has 2 atom stereocenters. The molecule has 1 amide bonds. The Bertz CT molecular complexity index is 590. The number of hydrogen-bond acceptors (Lipinski definition) is 4. The van der Waals surface area contributed by atoms with Crippen molar-refractivity contribution in [3.8, 4) is 11.5 Å². The van der Waals surface area contributed by atoms with Gasteiger partial charge in [-0.15, -0.1) is 0 Å². The summed E-state index contributed by atoms with van der Waals surface area (Å²) in [5.74, 6) is 1.76. The minimum absolute atomic E-state index is 0.218. The van der Waals surface area contributed by atoms with E-state index < -0.39 is 0 Å². The van der Waals surface area contributed by atoms with Crippen molar-refractivity contribution in [3.05, 3.63) is 23.8 Å². The minimum atomic E-state index is 0.218. The molecule has 132 valence electrons. The Morgan fingerprint density at radius 2 is 1.88 bits per heavy atom. The molecule has 5 heteroatoms. The smallest absolute Gasteiger partial charge is 0.219 e. The van der Waals surface area contributed by atoms with Crippen LogP contribution in [0.5, 0.6) is 11.5 Å². The van der Waals surface area contributed by atoms with Crippen molar-refractivity contribution in [2.24, 2.45) is 0 Å². The number of nitrogens with zero attached hydrogens (tertiary/aromatic N) is 2. The van der Waals surface area contributed by atoms with Crippen molar-refractivity contribution in [2.75, 3.05) is 27.3 Å². The molecule has 0 saturated carbocycles. The SMILES string of the molecule is COc1ccc(CN2CCCC[C@@H]3[C@H]2CCN3C(C)=O)cc1OC. The van der Waals surface area contributed by atoms with E-state index in [4.69, 9.17) is 9.47 Å². The Balaban J connectivity index is 1.77. The Labute approximate surface area is 144 Å². The van der Waals surface area contributed by atoms with Crippen molar-refractivity contribution < 1.29 is 14.3 Å². The van der Waals surface area contributed by atoms with Gasteiger partial charge in [-0.1, -0.05) is 12.5 Å². The Hall–Kier alpha value is -1.75. The summed E-state index contributed by atoms with van der Waals surface area (Å²) in [7, 11) is 3.33. The van der Waals surface area contributed by atoms with E-state index in [-0.39, 0.29) is 5.91 Å². The molecule has 5 nitrogen and oxygen atoms in total. The van der Waals surface area contributed by atoms with E-state index in [2.05, 4.69) is 21.9 Å². The monoisotopic (exact) mass is 332 g/mol. The summed E-state index contributed by atoms with van der Waals surface area (Å²) in [6, 6.07) is 7.00. The Kier molecular flexibility index (Phi) is 5.29. The van der Waals surface area contributed by atoms with E-state index in [1.165, 1.54) is 18.4 Å². The second-order valence-electron chi connectivity index (χ2n) is 6.79. The van der Waals surface area contributed by atoms with Crippen LogP contribution in [0.15, 0.2) is 18.2 Å². The molecule has 0 spiro atoms. The molecule has 0 unspecified atom stereocenters. The lowest BCUT2D eigenvalue weighted by molar-refractivity contribution is -0.130. The molecule has 2 aliphatic rings. The van der Waals surface area contributed by atoms with Crippen LogP contribution >= 0.6 is 0 Å². The number of hydrogen-bond donors (Lipinski definition) is 0. The zero-order valence-electron chi connectivity index (χ0n) is 15.0. The number of carbonyl (C=O) groups excluding carboxylic acids is 1. The van der Waals surface area contributed by atoms with Gasteiger partial charge in [-0.2, -0.15) is 0 Å².